The Morgan fingerprint density at radius 2 is 1.44 bits per heavy atom. The molecule has 304 valence electrons. The van der Waals surface area contributed by atoms with Gasteiger partial charge < -0.3 is 38.4 Å². The topological polar surface area (TPSA) is 158 Å². The van der Waals surface area contributed by atoms with E-state index < -0.39 is 99.1 Å². The Morgan fingerprint density at radius 1 is 0.870 bits per heavy atom. The molecule has 0 aliphatic heterocycles. The van der Waals surface area contributed by atoms with E-state index >= 15 is 0 Å². The van der Waals surface area contributed by atoms with Gasteiger partial charge in [0, 0.05) is 37.5 Å². The number of carbonyl (C=O) groups excluding carboxylic acids is 3. The fraction of sp³-hybridized carbons (Fsp3) is 0.732. The number of fused-ring (bicyclic) bond motifs is 3. The van der Waals surface area contributed by atoms with E-state index in [0.717, 1.165) is 18.1 Å². The van der Waals surface area contributed by atoms with Crippen molar-refractivity contribution in [1.82, 2.24) is 0 Å². The van der Waals surface area contributed by atoms with Crippen LogP contribution >= 0.6 is 0 Å². The lowest BCUT2D eigenvalue weighted by molar-refractivity contribution is -0.309. The lowest BCUT2D eigenvalue weighted by Gasteiger charge is -2.67. The number of carbonyl (C=O) groups is 3. The molecule has 3 N–H and O–H groups in total. The van der Waals surface area contributed by atoms with Crippen molar-refractivity contribution in [2.45, 2.75) is 174 Å². The van der Waals surface area contributed by atoms with Gasteiger partial charge in [-0.05, 0) is 74.4 Å². The predicted molar refractivity (Wildman–Crippen MR) is 211 cm³/mol. The lowest BCUT2D eigenvalue weighted by Crippen LogP contribution is -2.79. The minimum absolute atomic E-state index is 0.0344. The molecule has 54 heavy (non-hydrogen) atoms. The second-order valence-corrected chi connectivity index (χ2v) is 26.8. The maximum Gasteiger partial charge on any atom is 0.338 e. The molecule has 3 aliphatic carbocycles. The van der Waals surface area contributed by atoms with Crippen molar-refractivity contribution in [3.8, 4) is 0 Å². The normalized spacial score (nSPS) is 35.3. The highest BCUT2D eigenvalue weighted by Gasteiger charge is 2.76. The lowest BCUT2D eigenvalue weighted by atomic mass is 9.44. The van der Waals surface area contributed by atoms with Crippen molar-refractivity contribution < 1.29 is 52.8 Å². The molecule has 10 atom stereocenters. The van der Waals surface area contributed by atoms with E-state index in [-0.39, 0.29) is 24.8 Å². The van der Waals surface area contributed by atoms with Crippen LogP contribution in [-0.4, -0.2) is 97.7 Å². The van der Waals surface area contributed by atoms with Crippen molar-refractivity contribution in [2.75, 3.05) is 0 Å². The Hall–Kier alpha value is -2.40. The highest BCUT2D eigenvalue weighted by molar-refractivity contribution is 6.73. The van der Waals surface area contributed by atoms with Crippen LogP contribution in [-0.2, 0) is 32.7 Å². The summed E-state index contributed by atoms with van der Waals surface area (Å²) in [4.78, 5) is 40.8. The summed E-state index contributed by atoms with van der Waals surface area (Å²) in [5, 5.41) is 39.6. The van der Waals surface area contributed by atoms with E-state index in [1.165, 1.54) is 13.8 Å². The molecule has 1 aromatic rings. The molecule has 0 aromatic heterocycles. The number of aliphatic hydroxyl groups is 3. The summed E-state index contributed by atoms with van der Waals surface area (Å²) in [7, 11) is -4.86. The molecule has 11 nitrogen and oxygen atoms in total. The molecule has 4 rings (SSSR count). The molecule has 0 amide bonds. The molecule has 2 saturated carbocycles. The summed E-state index contributed by atoms with van der Waals surface area (Å²) >= 11 is 0. The van der Waals surface area contributed by atoms with Crippen LogP contribution in [0.4, 0.5) is 0 Å². The second-order valence-electron chi connectivity index (χ2n) is 17.6. The molecular weight excluding hydrogens is 725 g/mol. The quantitative estimate of drug-likeness (QED) is 0.0895. The summed E-state index contributed by atoms with van der Waals surface area (Å²) in [6.45, 7) is 23.9. The van der Waals surface area contributed by atoms with Crippen LogP contribution < -0.4 is 0 Å². The van der Waals surface area contributed by atoms with Crippen LogP contribution in [0.5, 0.6) is 0 Å². The van der Waals surface area contributed by atoms with Crippen LogP contribution in [0.15, 0.2) is 41.5 Å². The van der Waals surface area contributed by atoms with Gasteiger partial charge in [0.2, 0.25) is 0 Å². The van der Waals surface area contributed by atoms with Gasteiger partial charge >= 0.3 is 17.9 Å². The zero-order chi connectivity index (χ0) is 40.8. The predicted octanol–water partition coefficient (Wildman–Crippen LogP) is 6.71. The highest BCUT2D eigenvalue weighted by Crippen LogP contribution is 2.65. The average Bonchev–Trinajstić information content (AvgIpc) is 3.09. The largest absolute Gasteiger partial charge is 0.456 e. The Kier molecular flexibility index (Phi) is 13.0. The van der Waals surface area contributed by atoms with Crippen LogP contribution in [0.3, 0.4) is 0 Å². The van der Waals surface area contributed by atoms with E-state index in [2.05, 4.69) is 20.8 Å². The molecule has 3 aliphatic rings. The molecule has 0 heterocycles. The van der Waals surface area contributed by atoms with Gasteiger partial charge in [0.05, 0.1) is 29.8 Å². The van der Waals surface area contributed by atoms with Crippen LogP contribution in [0, 0.1) is 16.7 Å². The number of benzene rings is 1. The monoisotopic (exact) mass is 790 g/mol. The maximum atomic E-state index is 14.4. The number of aliphatic hydroxyl groups excluding tert-OH is 2. The van der Waals surface area contributed by atoms with E-state index in [1.54, 1.807) is 58.0 Å². The number of ether oxygens (including phenoxy) is 3. The smallest absolute Gasteiger partial charge is 0.338 e. The van der Waals surface area contributed by atoms with Crippen LogP contribution in [0.2, 0.25) is 37.8 Å². The van der Waals surface area contributed by atoms with Gasteiger partial charge in [-0.2, -0.15) is 0 Å². The average molecular weight is 791 g/mol. The van der Waals surface area contributed by atoms with Crippen molar-refractivity contribution >= 4 is 34.5 Å². The van der Waals surface area contributed by atoms with Gasteiger partial charge in [-0.1, -0.05) is 66.7 Å². The van der Waals surface area contributed by atoms with Gasteiger partial charge in [0.15, 0.2) is 22.7 Å². The van der Waals surface area contributed by atoms with Gasteiger partial charge in [-0.25, -0.2) is 4.79 Å². The number of hydrogen-bond donors (Lipinski definition) is 3. The minimum atomic E-state index is -2.53. The number of esters is 3. The summed E-state index contributed by atoms with van der Waals surface area (Å²) in [6.07, 6.45) is -7.40. The van der Waals surface area contributed by atoms with Crippen LogP contribution in [0.1, 0.15) is 98.9 Å². The number of rotatable bonds is 12. The zero-order valence-corrected chi connectivity index (χ0v) is 36.8. The molecule has 2 fully saturated rings. The Morgan fingerprint density at radius 3 is 1.93 bits per heavy atom. The first-order valence-electron chi connectivity index (χ1n) is 19.7. The van der Waals surface area contributed by atoms with Gasteiger partial charge in [0.1, 0.15) is 23.4 Å². The summed E-state index contributed by atoms with van der Waals surface area (Å²) in [5.41, 5.74) is -5.30. The summed E-state index contributed by atoms with van der Waals surface area (Å²) < 4.78 is 33.2. The van der Waals surface area contributed by atoms with E-state index in [1.807, 2.05) is 26.6 Å². The first kappa shape index (κ1) is 44.3. The van der Waals surface area contributed by atoms with Gasteiger partial charge in [-0.15, -0.1) is 0 Å². The highest BCUT2D eigenvalue weighted by atomic mass is 28.4. The van der Waals surface area contributed by atoms with Crippen molar-refractivity contribution in [3.63, 3.8) is 0 Å². The molecule has 2 bridgehead atoms. The third kappa shape index (κ3) is 7.55. The van der Waals surface area contributed by atoms with Crippen molar-refractivity contribution in [3.05, 3.63) is 47.0 Å². The molecule has 1 aromatic carbocycles. The Balaban J connectivity index is 2.24. The first-order chi connectivity index (χ1) is 24.9. The number of hydrogen-bond acceptors (Lipinski definition) is 11. The molecule has 0 saturated heterocycles. The van der Waals surface area contributed by atoms with Gasteiger partial charge in [-0.3, -0.25) is 9.59 Å². The third-order valence-electron chi connectivity index (χ3n) is 13.3. The van der Waals surface area contributed by atoms with E-state index in [9.17, 15) is 29.7 Å². The molecule has 0 radical (unpaired) electrons. The Bertz CT molecular complexity index is 1560. The molecule has 0 spiro atoms. The van der Waals surface area contributed by atoms with Crippen LogP contribution in [0.25, 0.3) is 0 Å². The fourth-order valence-electron chi connectivity index (χ4n) is 10.1. The van der Waals surface area contributed by atoms with Crippen molar-refractivity contribution in [1.29, 1.82) is 0 Å². The molecule has 13 heteroatoms. The first-order valence-corrected chi connectivity index (χ1v) is 25.7. The second kappa shape index (κ2) is 15.9. The van der Waals surface area contributed by atoms with E-state index in [0.29, 0.717) is 11.1 Å². The fourth-order valence-corrected chi connectivity index (χ4v) is 14.2. The standard InChI is InChI=1S/C41H66O11Si2/c1-14-40(50-27(7)43)30(44)23-31(52-54(15-2,16-3)17-4)39(10)34(40)36(49-37(46)28-21-19-18-20-22-28)41(47)24-29(51-53(11,12)13)25(5)32(38(41,8)9)33(35(39)45)48-26(6)42/h18-22,29-31,33-36,44-45,47H,14-17,23-24H2,1-13H3/t29-,30+,31-,33+,34?,35+,36-,39+,40-,41+/m0/s1. The maximum absolute atomic E-state index is 14.4. The van der Waals surface area contributed by atoms with Crippen molar-refractivity contribution in [2.24, 2.45) is 16.7 Å². The molecular formula is C41H66O11Si2. The zero-order valence-electron chi connectivity index (χ0n) is 34.8. The Labute approximate surface area is 324 Å². The summed E-state index contributed by atoms with van der Waals surface area (Å²) in [5.74, 6) is -3.36. The van der Waals surface area contributed by atoms with Gasteiger partial charge in [0.25, 0.3) is 0 Å². The minimum Gasteiger partial charge on any atom is -0.456 e. The third-order valence-corrected chi connectivity index (χ3v) is 18.9. The van der Waals surface area contributed by atoms with E-state index in [4.69, 9.17) is 23.1 Å². The molecule has 1 unspecified atom stereocenters. The summed E-state index contributed by atoms with van der Waals surface area (Å²) in [6, 6.07) is 10.7. The SMILES string of the molecule is CC[C@@]1(OC(C)=O)C2[C@H](OC(=O)c3ccccc3)[C@]3(O)C[C@H](O[Si](C)(C)C)C(C)=C([C@@H](OC(C)=O)[C@@H](O)[C@]2(C)[C@@H](O[Si](CC)(CC)CC)C[C@H]1O)C3(C)C.